The third-order valence-corrected chi connectivity index (χ3v) is 4.48. The summed E-state index contributed by atoms with van der Waals surface area (Å²) in [6, 6.07) is 18.9. The number of nitro groups is 1. The predicted molar refractivity (Wildman–Crippen MR) is 115 cm³/mol. The van der Waals surface area contributed by atoms with E-state index in [4.69, 9.17) is 9.47 Å². The summed E-state index contributed by atoms with van der Waals surface area (Å²) in [5.41, 5.74) is 3.30. The molecule has 3 rings (SSSR count). The van der Waals surface area contributed by atoms with Crippen LogP contribution in [0.5, 0.6) is 11.5 Å². The molecule has 3 aromatic rings. The van der Waals surface area contributed by atoms with E-state index in [2.05, 4.69) is 0 Å². The fourth-order valence-electron chi connectivity index (χ4n) is 2.91. The predicted octanol–water partition coefficient (Wildman–Crippen LogP) is 5.39. The normalized spacial score (nSPS) is 10.7. The maximum atomic E-state index is 12.4. The van der Waals surface area contributed by atoms with Gasteiger partial charge in [-0.1, -0.05) is 35.9 Å². The van der Waals surface area contributed by atoms with Gasteiger partial charge in [0.1, 0.15) is 18.1 Å². The van der Waals surface area contributed by atoms with Crippen molar-refractivity contribution in [2.75, 3.05) is 7.11 Å². The number of hydrogen-bond acceptors (Lipinski definition) is 5. The number of ketones is 1. The van der Waals surface area contributed by atoms with Crippen LogP contribution in [0.3, 0.4) is 0 Å². The number of carbonyl (C=O) groups is 1. The largest absolute Gasteiger partial charge is 0.496 e. The van der Waals surface area contributed by atoms with Crippen LogP contribution in [-0.4, -0.2) is 17.8 Å². The van der Waals surface area contributed by atoms with Gasteiger partial charge in [0.15, 0.2) is 5.78 Å². The van der Waals surface area contributed by atoms with Gasteiger partial charge in [0.2, 0.25) is 0 Å². The van der Waals surface area contributed by atoms with Crippen LogP contribution in [0.4, 0.5) is 5.69 Å². The molecule has 0 aliphatic rings. The van der Waals surface area contributed by atoms with Crippen LogP contribution in [0, 0.1) is 17.0 Å². The smallest absolute Gasteiger partial charge is 0.269 e. The van der Waals surface area contributed by atoms with Gasteiger partial charge in [-0.05, 0) is 48.9 Å². The molecule has 0 unspecified atom stereocenters. The van der Waals surface area contributed by atoms with E-state index in [-0.39, 0.29) is 18.1 Å². The Morgan fingerprint density at radius 1 is 1.07 bits per heavy atom. The highest BCUT2D eigenvalue weighted by Crippen LogP contribution is 2.24. The van der Waals surface area contributed by atoms with E-state index in [1.165, 1.54) is 18.2 Å². The highest BCUT2D eigenvalue weighted by molar-refractivity contribution is 6.06. The number of rotatable bonds is 8. The quantitative estimate of drug-likeness (QED) is 0.218. The van der Waals surface area contributed by atoms with Crippen LogP contribution in [0.2, 0.25) is 0 Å². The van der Waals surface area contributed by atoms with Crippen LogP contribution in [0.1, 0.15) is 27.0 Å². The van der Waals surface area contributed by atoms with Crippen LogP contribution < -0.4 is 9.47 Å². The molecule has 0 amide bonds. The fraction of sp³-hybridized carbons (Fsp3) is 0.125. The van der Waals surface area contributed by atoms with E-state index >= 15 is 0 Å². The molecule has 0 aromatic heterocycles. The van der Waals surface area contributed by atoms with Crippen molar-refractivity contribution in [3.8, 4) is 11.5 Å². The maximum Gasteiger partial charge on any atom is 0.269 e. The van der Waals surface area contributed by atoms with Crippen LogP contribution in [-0.2, 0) is 6.61 Å². The molecule has 152 valence electrons. The summed E-state index contributed by atoms with van der Waals surface area (Å²) in [7, 11) is 1.57. The number of carbonyl (C=O) groups excluding carboxylic acids is 1. The number of benzene rings is 3. The molecule has 0 heterocycles. The molecule has 0 saturated carbocycles. The first-order valence-electron chi connectivity index (χ1n) is 9.29. The van der Waals surface area contributed by atoms with Crippen LogP contribution >= 0.6 is 0 Å². The summed E-state index contributed by atoms with van der Waals surface area (Å²) in [5.74, 6) is 1.09. The third-order valence-electron chi connectivity index (χ3n) is 4.48. The molecule has 0 atom stereocenters. The van der Waals surface area contributed by atoms with Gasteiger partial charge >= 0.3 is 0 Å². The number of hydrogen-bond donors (Lipinski definition) is 0. The Labute approximate surface area is 174 Å². The molecule has 6 heteroatoms. The number of allylic oxidation sites excluding steroid dienone is 1. The second-order valence-corrected chi connectivity index (χ2v) is 6.68. The Kier molecular flexibility index (Phi) is 6.60. The molecule has 30 heavy (non-hydrogen) atoms. The van der Waals surface area contributed by atoms with E-state index in [9.17, 15) is 14.9 Å². The van der Waals surface area contributed by atoms with Gasteiger partial charge in [-0.2, -0.15) is 0 Å². The van der Waals surface area contributed by atoms with E-state index in [1.54, 1.807) is 31.4 Å². The number of non-ortho nitro benzene ring substituents is 1. The van der Waals surface area contributed by atoms with Crippen molar-refractivity contribution in [3.05, 3.63) is 105 Å². The second kappa shape index (κ2) is 9.52. The average molecular weight is 403 g/mol. The topological polar surface area (TPSA) is 78.7 Å². The minimum atomic E-state index is -0.458. The number of aryl methyl sites for hydroxylation is 1. The molecular formula is C24H21NO5. The van der Waals surface area contributed by atoms with Crippen molar-refractivity contribution in [2.45, 2.75) is 13.5 Å². The molecule has 0 fully saturated rings. The van der Waals surface area contributed by atoms with E-state index < -0.39 is 4.92 Å². The lowest BCUT2D eigenvalue weighted by Gasteiger charge is -2.11. The number of ether oxygens (including phenoxy) is 2. The van der Waals surface area contributed by atoms with Crippen LogP contribution in [0.15, 0.2) is 72.8 Å². The fourth-order valence-corrected chi connectivity index (χ4v) is 2.91. The van der Waals surface area contributed by atoms with E-state index in [1.807, 2.05) is 43.3 Å². The van der Waals surface area contributed by atoms with E-state index in [0.717, 1.165) is 16.7 Å². The Morgan fingerprint density at radius 3 is 2.50 bits per heavy atom. The lowest BCUT2D eigenvalue weighted by Crippen LogP contribution is -2.00. The standard InChI is InChI=1S/C24H21NO5/c1-17-4-3-5-19(14-17)23(26)12-6-18-7-13-24(29-2)20(15-18)16-30-22-10-8-21(9-11-22)25(27)28/h3-15H,16H2,1-2H3/b12-6+. The van der Waals surface area contributed by atoms with E-state index in [0.29, 0.717) is 17.1 Å². The molecule has 3 aromatic carbocycles. The zero-order valence-corrected chi connectivity index (χ0v) is 16.7. The summed E-state index contributed by atoms with van der Waals surface area (Å²) >= 11 is 0. The van der Waals surface area contributed by atoms with Gasteiger partial charge in [-0.15, -0.1) is 0 Å². The molecule has 0 spiro atoms. The highest BCUT2D eigenvalue weighted by atomic mass is 16.6. The maximum absolute atomic E-state index is 12.4. The first-order chi connectivity index (χ1) is 14.5. The van der Waals surface area contributed by atoms with Gasteiger partial charge in [0, 0.05) is 23.3 Å². The molecule has 0 aliphatic carbocycles. The number of methoxy groups -OCH3 is 1. The van der Waals surface area contributed by atoms with Crippen molar-refractivity contribution < 1.29 is 19.2 Å². The lowest BCUT2D eigenvalue weighted by atomic mass is 10.1. The molecule has 0 N–H and O–H groups in total. The Hall–Kier alpha value is -3.93. The molecular weight excluding hydrogens is 382 g/mol. The SMILES string of the molecule is COc1ccc(/C=C/C(=O)c2cccc(C)c2)cc1COc1ccc([N+](=O)[O-])cc1. The van der Waals surface area contributed by atoms with Gasteiger partial charge < -0.3 is 9.47 Å². The summed E-state index contributed by atoms with van der Waals surface area (Å²) in [6.07, 6.45) is 3.29. The Balaban J connectivity index is 1.73. The Morgan fingerprint density at radius 2 is 1.83 bits per heavy atom. The summed E-state index contributed by atoms with van der Waals surface area (Å²) < 4.78 is 11.1. The minimum absolute atomic E-state index is 0.00495. The van der Waals surface area contributed by atoms with Gasteiger partial charge in [-0.3, -0.25) is 14.9 Å². The van der Waals surface area contributed by atoms with Crippen molar-refractivity contribution in [1.29, 1.82) is 0 Å². The lowest BCUT2D eigenvalue weighted by molar-refractivity contribution is -0.384. The second-order valence-electron chi connectivity index (χ2n) is 6.68. The van der Waals surface area contributed by atoms with Gasteiger partial charge in [0.25, 0.3) is 5.69 Å². The zero-order chi connectivity index (χ0) is 21.5. The van der Waals surface area contributed by atoms with Crippen molar-refractivity contribution >= 4 is 17.5 Å². The summed E-state index contributed by atoms with van der Waals surface area (Å²) in [6.45, 7) is 2.16. The van der Waals surface area contributed by atoms with Crippen molar-refractivity contribution in [2.24, 2.45) is 0 Å². The summed E-state index contributed by atoms with van der Waals surface area (Å²) in [5, 5.41) is 10.7. The van der Waals surface area contributed by atoms with Crippen molar-refractivity contribution in [3.63, 3.8) is 0 Å². The monoisotopic (exact) mass is 403 g/mol. The first kappa shape index (κ1) is 20.8. The van der Waals surface area contributed by atoms with Gasteiger partial charge in [-0.25, -0.2) is 0 Å². The zero-order valence-electron chi connectivity index (χ0n) is 16.7. The first-order valence-corrected chi connectivity index (χ1v) is 9.29. The molecule has 0 aliphatic heterocycles. The molecule has 0 radical (unpaired) electrons. The third kappa shape index (κ3) is 5.32. The summed E-state index contributed by atoms with van der Waals surface area (Å²) in [4.78, 5) is 22.7. The average Bonchev–Trinajstić information content (AvgIpc) is 2.76. The van der Waals surface area contributed by atoms with Crippen molar-refractivity contribution in [1.82, 2.24) is 0 Å². The minimum Gasteiger partial charge on any atom is -0.496 e. The van der Waals surface area contributed by atoms with Crippen LogP contribution in [0.25, 0.3) is 6.08 Å². The number of nitrogens with zero attached hydrogens (tertiary/aromatic N) is 1. The highest BCUT2D eigenvalue weighted by Gasteiger charge is 2.08. The molecule has 6 nitrogen and oxygen atoms in total. The number of nitro benzene ring substituents is 1. The molecule has 0 saturated heterocycles. The molecule has 0 bridgehead atoms. The Bertz CT molecular complexity index is 1090. The van der Waals surface area contributed by atoms with Gasteiger partial charge in [0.05, 0.1) is 12.0 Å².